The highest BCUT2D eigenvalue weighted by Gasteiger charge is 2.31. The molecule has 0 radical (unpaired) electrons. The van der Waals surface area contributed by atoms with Crippen LogP contribution in [0.1, 0.15) is 35.6 Å². The van der Waals surface area contributed by atoms with Gasteiger partial charge in [0.25, 0.3) is 0 Å². The lowest BCUT2D eigenvalue weighted by atomic mass is 10.1. The van der Waals surface area contributed by atoms with Crippen molar-refractivity contribution in [1.82, 2.24) is 0 Å². The maximum Gasteiger partial charge on any atom is 0.416 e. The zero-order valence-corrected chi connectivity index (χ0v) is 15.1. The first kappa shape index (κ1) is 19.2. The van der Waals surface area contributed by atoms with E-state index in [1.807, 2.05) is 39.0 Å². The van der Waals surface area contributed by atoms with Gasteiger partial charge in [-0.05, 0) is 50.1 Å². The first-order valence-electron chi connectivity index (χ1n) is 7.90. The molecule has 0 saturated carbocycles. The molecule has 0 atom stereocenters. The van der Waals surface area contributed by atoms with E-state index in [0.29, 0.717) is 28.4 Å². The number of nitrogens with one attached hydrogen (secondary N) is 1. The van der Waals surface area contributed by atoms with Crippen molar-refractivity contribution < 1.29 is 17.9 Å². The van der Waals surface area contributed by atoms with Gasteiger partial charge in [-0.3, -0.25) is 0 Å². The average molecular weight is 367 g/mol. The molecule has 6 heteroatoms. The summed E-state index contributed by atoms with van der Waals surface area (Å²) < 4.78 is 44.8. The number of anilines is 1. The summed E-state index contributed by atoms with van der Waals surface area (Å²) in [5.41, 5.74) is 2.26. The van der Waals surface area contributed by atoms with Crippen molar-refractivity contribution in [1.29, 1.82) is 0 Å². The third kappa shape index (κ3) is 5.19. The predicted molar refractivity (Wildman–Crippen MR) is 98.2 cm³/mol. The summed E-state index contributed by atoms with van der Waals surface area (Å²) in [4.78, 5) is 0.563. The zero-order chi connectivity index (χ0) is 18.6. The Labute approximate surface area is 151 Å². The second-order valence-corrected chi connectivity index (χ2v) is 6.32. The van der Waals surface area contributed by atoms with Crippen LogP contribution in [0.3, 0.4) is 0 Å². The molecule has 0 aliphatic heterocycles. The maximum absolute atomic E-state index is 13.0. The van der Waals surface area contributed by atoms with Gasteiger partial charge in [-0.15, -0.1) is 0 Å². The third-order valence-electron chi connectivity index (χ3n) is 3.74. The number of alkyl halides is 3. The molecule has 0 heterocycles. The van der Waals surface area contributed by atoms with Crippen molar-refractivity contribution in [3.63, 3.8) is 0 Å². The Morgan fingerprint density at radius 1 is 1.12 bits per heavy atom. The molecule has 2 nitrogen and oxygen atoms in total. The average Bonchev–Trinajstić information content (AvgIpc) is 2.54. The van der Waals surface area contributed by atoms with E-state index in [9.17, 15) is 13.2 Å². The van der Waals surface area contributed by atoms with E-state index in [1.54, 1.807) is 0 Å². The zero-order valence-electron chi connectivity index (χ0n) is 14.3. The Bertz CT molecular complexity index is 772. The molecule has 1 N–H and O–H groups in total. The molecule has 0 saturated heterocycles. The van der Waals surface area contributed by atoms with E-state index in [-0.39, 0.29) is 6.61 Å². The molecule has 0 bridgehead atoms. The Morgan fingerprint density at radius 2 is 1.84 bits per heavy atom. The molecular weight excluding hydrogens is 347 g/mol. The van der Waals surface area contributed by atoms with Gasteiger partial charge in [0.1, 0.15) is 12.4 Å². The van der Waals surface area contributed by atoms with Crippen LogP contribution < -0.4 is 10.1 Å². The SMILES string of the molecule is CCC(=S)Nc1ccc(C(F)(F)F)cc1COc1ccc(C)cc1C. The summed E-state index contributed by atoms with van der Waals surface area (Å²) >= 11 is 5.14. The maximum atomic E-state index is 13.0. The molecule has 2 aromatic carbocycles. The predicted octanol–water partition coefficient (Wildman–Crippen LogP) is 6.05. The number of rotatable bonds is 5. The minimum atomic E-state index is -4.40. The fourth-order valence-corrected chi connectivity index (χ4v) is 2.48. The number of halogens is 3. The number of aryl methyl sites for hydroxylation is 2. The number of ether oxygens (including phenoxy) is 1. The fourth-order valence-electron chi connectivity index (χ4n) is 2.37. The smallest absolute Gasteiger partial charge is 0.416 e. The summed E-state index contributed by atoms with van der Waals surface area (Å²) in [5, 5.41) is 2.98. The van der Waals surface area contributed by atoms with Crippen molar-refractivity contribution in [2.75, 3.05) is 5.32 Å². The van der Waals surface area contributed by atoms with E-state index in [2.05, 4.69) is 5.32 Å². The first-order valence-corrected chi connectivity index (χ1v) is 8.31. The van der Waals surface area contributed by atoms with Crippen LogP contribution in [0.5, 0.6) is 5.75 Å². The number of hydrogen-bond acceptors (Lipinski definition) is 2. The van der Waals surface area contributed by atoms with Crippen LogP contribution in [0, 0.1) is 13.8 Å². The summed E-state index contributed by atoms with van der Waals surface area (Å²) in [6.45, 7) is 5.77. The van der Waals surface area contributed by atoms with Crippen LogP contribution in [0.2, 0.25) is 0 Å². The van der Waals surface area contributed by atoms with Gasteiger partial charge in [-0.25, -0.2) is 0 Å². The van der Waals surface area contributed by atoms with Crippen LogP contribution in [0.15, 0.2) is 36.4 Å². The quantitative estimate of drug-likeness (QED) is 0.650. The molecule has 0 aliphatic carbocycles. The Kier molecular flexibility index (Phi) is 6.06. The van der Waals surface area contributed by atoms with E-state index in [1.165, 1.54) is 6.07 Å². The van der Waals surface area contributed by atoms with Crippen molar-refractivity contribution in [3.8, 4) is 5.75 Å². The van der Waals surface area contributed by atoms with Crippen molar-refractivity contribution in [2.45, 2.75) is 40.0 Å². The molecule has 0 fully saturated rings. The van der Waals surface area contributed by atoms with Crippen LogP contribution in [0.4, 0.5) is 18.9 Å². The molecule has 134 valence electrons. The van der Waals surface area contributed by atoms with Gasteiger partial charge in [-0.2, -0.15) is 13.2 Å². The summed E-state index contributed by atoms with van der Waals surface area (Å²) in [5.74, 6) is 0.645. The van der Waals surface area contributed by atoms with Gasteiger partial charge < -0.3 is 10.1 Å². The molecule has 0 amide bonds. The Balaban J connectivity index is 2.29. The molecule has 2 aromatic rings. The lowest BCUT2D eigenvalue weighted by Gasteiger charge is -2.16. The van der Waals surface area contributed by atoms with E-state index in [4.69, 9.17) is 17.0 Å². The van der Waals surface area contributed by atoms with Gasteiger partial charge in [0.05, 0.1) is 10.6 Å². The molecule has 0 spiro atoms. The lowest BCUT2D eigenvalue weighted by molar-refractivity contribution is -0.137. The van der Waals surface area contributed by atoms with E-state index in [0.717, 1.165) is 23.3 Å². The highest BCUT2D eigenvalue weighted by Crippen LogP contribution is 2.32. The second-order valence-electron chi connectivity index (χ2n) is 5.83. The monoisotopic (exact) mass is 367 g/mol. The molecule has 25 heavy (non-hydrogen) atoms. The van der Waals surface area contributed by atoms with Crippen molar-refractivity contribution in [2.24, 2.45) is 0 Å². The molecule has 2 rings (SSSR count). The van der Waals surface area contributed by atoms with Crippen LogP contribution in [-0.4, -0.2) is 4.99 Å². The number of hydrogen-bond donors (Lipinski definition) is 1. The lowest BCUT2D eigenvalue weighted by Crippen LogP contribution is -2.13. The van der Waals surface area contributed by atoms with Gasteiger partial charge >= 0.3 is 6.18 Å². The molecule has 0 aromatic heterocycles. The van der Waals surface area contributed by atoms with Gasteiger partial charge in [0, 0.05) is 11.3 Å². The highest BCUT2D eigenvalue weighted by atomic mass is 32.1. The Morgan fingerprint density at radius 3 is 2.44 bits per heavy atom. The van der Waals surface area contributed by atoms with E-state index < -0.39 is 11.7 Å². The van der Waals surface area contributed by atoms with Crippen LogP contribution in [0.25, 0.3) is 0 Å². The number of thiocarbonyl (C=S) groups is 1. The molecule has 0 unspecified atom stereocenters. The van der Waals surface area contributed by atoms with Crippen LogP contribution in [-0.2, 0) is 12.8 Å². The summed E-state index contributed by atoms with van der Waals surface area (Å²) in [6.07, 6.45) is -3.80. The summed E-state index contributed by atoms with van der Waals surface area (Å²) in [7, 11) is 0. The molecular formula is C19H20F3NOS. The van der Waals surface area contributed by atoms with E-state index >= 15 is 0 Å². The van der Waals surface area contributed by atoms with Crippen molar-refractivity contribution in [3.05, 3.63) is 58.7 Å². The standard InChI is InChI=1S/C19H20F3NOS/c1-4-18(25)23-16-7-6-15(19(20,21)22)10-14(16)11-24-17-8-5-12(2)9-13(17)3/h5-10H,4,11H2,1-3H3,(H,23,25). The largest absolute Gasteiger partial charge is 0.489 e. The topological polar surface area (TPSA) is 21.3 Å². The first-order chi connectivity index (χ1) is 11.7. The normalized spacial score (nSPS) is 11.3. The van der Waals surface area contributed by atoms with Gasteiger partial charge in [0.2, 0.25) is 0 Å². The van der Waals surface area contributed by atoms with Crippen molar-refractivity contribution >= 4 is 22.9 Å². The minimum Gasteiger partial charge on any atom is -0.489 e. The molecule has 0 aliphatic rings. The number of benzene rings is 2. The highest BCUT2D eigenvalue weighted by molar-refractivity contribution is 7.80. The van der Waals surface area contributed by atoms with Gasteiger partial charge in [-0.1, -0.05) is 36.8 Å². The minimum absolute atomic E-state index is 0.0164. The third-order valence-corrected chi connectivity index (χ3v) is 4.13. The van der Waals surface area contributed by atoms with Gasteiger partial charge in [0.15, 0.2) is 0 Å². The van der Waals surface area contributed by atoms with Crippen LogP contribution >= 0.6 is 12.2 Å². The second kappa shape index (κ2) is 7.87. The Hall–Kier alpha value is -2.08. The fraction of sp³-hybridized carbons (Fsp3) is 0.316. The summed E-state index contributed by atoms with van der Waals surface area (Å²) in [6, 6.07) is 9.23.